The molecule has 6 heteroatoms. The van der Waals surface area contributed by atoms with Crippen LogP contribution in [0.3, 0.4) is 0 Å². The van der Waals surface area contributed by atoms with Gasteiger partial charge in [0.1, 0.15) is 5.70 Å². The summed E-state index contributed by atoms with van der Waals surface area (Å²) in [5.41, 5.74) is 1.44. The monoisotopic (exact) mass is 327 g/mol. The number of nitrogens with one attached hydrogen (secondary N) is 2. The molecule has 1 aromatic carbocycles. The second kappa shape index (κ2) is 5.94. The number of likely N-dealkylation sites (tertiary alicyclic amines) is 1. The van der Waals surface area contributed by atoms with Crippen molar-refractivity contribution in [3.63, 3.8) is 0 Å². The summed E-state index contributed by atoms with van der Waals surface area (Å²) in [6, 6.07) is 9.02. The maximum Gasteiger partial charge on any atom is 0.320 e. The van der Waals surface area contributed by atoms with Gasteiger partial charge in [-0.15, -0.1) is 0 Å². The Morgan fingerprint density at radius 1 is 1.25 bits per heavy atom. The lowest BCUT2D eigenvalue weighted by molar-refractivity contribution is -0.126. The molecule has 6 nitrogen and oxygen atoms in total. The molecule has 3 aliphatic heterocycles. The standard InChI is InChI=1S/C18H21N3O3/c22-16(21-8-6-18(11-21)7-9-24-12-18)15-10-14(19-17(23)20-15)13-4-2-1-3-5-13/h1-5,10,14H,6-9,11-12H2,(H2,19,20,23). The van der Waals surface area contributed by atoms with Crippen LogP contribution in [0.25, 0.3) is 0 Å². The number of amides is 3. The molecular weight excluding hydrogens is 306 g/mol. The number of hydrogen-bond donors (Lipinski definition) is 2. The average Bonchev–Trinajstić information content (AvgIpc) is 3.25. The lowest BCUT2D eigenvalue weighted by atomic mass is 9.87. The van der Waals surface area contributed by atoms with Crippen molar-refractivity contribution in [3.05, 3.63) is 47.7 Å². The second-order valence-electron chi connectivity index (χ2n) is 6.85. The number of rotatable bonds is 2. The van der Waals surface area contributed by atoms with E-state index < -0.39 is 0 Å². The molecule has 4 rings (SSSR count). The predicted molar refractivity (Wildman–Crippen MR) is 88.0 cm³/mol. The lowest BCUT2D eigenvalue weighted by Gasteiger charge is -2.27. The Kier molecular flexibility index (Phi) is 3.76. The van der Waals surface area contributed by atoms with Crippen molar-refractivity contribution in [1.29, 1.82) is 0 Å². The summed E-state index contributed by atoms with van der Waals surface area (Å²) in [6.07, 6.45) is 3.78. The number of benzene rings is 1. The van der Waals surface area contributed by atoms with Crippen molar-refractivity contribution in [2.45, 2.75) is 18.9 Å². The predicted octanol–water partition coefficient (Wildman–Crippen LogP) is 1.56. The molecular formula is C18H21N3O3. The van der Waals surface area contributed by atoms with Gasteiger partial charge in [0.25, 0.3) is 5.91 Å². The largest absolute Gasteiger partial charge is 0.381 e. The van der Waals surface area contributed by atoms with E-state index in [0.717, 1.165) is 38.2 Å². The van der Waals surface area contributed by atoms with Crippen molar-refractivity contribution in [2.75, 3.05) is 26.3 Å². The van der Waals surface area contributed by atoms with Crippen LogP contribution >= 0.6 is 0 Å². The van der Waals surface area contributed by atoms with E-state index in [0.29, 0.717) is 12.2 Å². The fourth-order valence-electron chi connectivity index (χ4n) is 3.76. The first-order valence-corrected chi connectivity index (χ1v) is 8.37. The van der Waals surface area contributed by atoms with Gasteiger partial charge in [-0.2, -0.15) is 0 Å². The van der Waals surface area contributed by atoms with Crippen molar-refractivity contribution < 1.29 is 14.3 Å². The van der Waals surface area contributed by atoms with Crippen LogP contribution in [-0.4, -0.2) is 43.1 Å². The fourth-order valence-corrected chi connectivity index (χ4v) is 3.76. The van der Waals surface area contributed by atoms with Gasteiger partial charge in [0.2, 0.25) is 0 Å². The summed E-state index contributed by atoms with van der Waals surface area (Å²) in [4.78, 5) is 26.7. The van der Waals surface area contributed by atoms with Crippen LogP contribution in [0, 0.1) is 5.41 Å². The molecule has 24 heavy (non-hydrogen) atoms. The van der Waals surface area contributed by atoms with Crippen molar-refractivity contribution >= 4 is 11.9 Å². The zero-order valence-electron chi connectivity index (χ0n) is 13.5. The minimum Gasteiger partial charge on any atom is -0.381 e. The van der Waals surface area contributed by atoms with Crippen LogP contribution in [-0.2, 0) is 9.53 Å². The maximum absolute atomic E-state index is 12.8. The molecule has 0 aromatic heterocycles. The molecule has 3 amide bonds. The van der Waals surface area contributed by atoms with E-state index in [1.165, 1.54) is 0 Å². The summed E-state index contributed by atoms with van der Waals surface area (Å²) in [7, 11) is 0. The first-order valence-electron chi connectivity index (χ1n) is 8.37. The fraction of sp³-hybridized carbons (Fsp3) is 0.444. The van der Waals surface area contributed by atoms with Crippen LogP contribution in [0.1, 0.15) is 24.4 Å². The number of urea groups is 1. The van der Waals surface area contributed by atoms with Gasteiger partial charge in [-0.3, -0.25) is 4.79 Å². The van der Waals surface area contributed by atoms with E-state index in [-0.39, 0.29) is 23.4 Å². The van der Waals surface area contributed by atoms with Gasteiger partial charge in [-0.1, -0.05) is 30.3 Å². The second-order valence-corrected chi connectivity index (χ2v) is 6.85. The number of carbonyl (C=O) groups is 2. The van der Waals surface area contributed by atoms with Gasteiger partial charge in [-0.05, 0) is 24.5 Å². The van der Waals surface area contributed by atoms with Crippen LogP contribution in [0.5, 0.6) is 0 Å². The van der Waals surface area contributed by atoms with Crippen molar-refractivity contribution in [1.82, 2.24) is 15.5 Å². The quantitative estimate of drug-likeness (QED) is 0.866. The minimum atomic E-state index is -0.340. The average molecular weight is 327 g/mol. The van der Waals surface area contributed by atoms with Crippen LogP contribution < -0.4 is 10.6 Å². The Bertz CT molecular complexity index is 680. The third-order valence-electron chi connectivity index (χ3n) is 5.17. The third kappa shape index (κ3) is 2.78. The Labute approximate surface area is 140 Å². The normalized spacial score (nSPS) is 29.3. The van der Waals surface area contributed by atoms with Crippen LogP contribution in [0.2, 0.25) is 0 Å². The highest BCUT2D eigenvalue weighted by atomic mass is 16.5. The highest BCUT2D eigenvalue weighted by Gasteiger charge is 2.43. The smallest absolute Gasteiger partial charge is 0.320 e. The Hall–Kier alpha value is -2.34. The van der Waals surface area contributed by atoms with E-state index in [1.807, 2.05) is 35.2 Å². The van der Waals surface area contributed by atoms with Crippen molar-refractivity contribution in [2.24, 2.45) is 5.41 Å². The van der Waals surface area contributed by atoms with Crippen LogP contribution in [0.4, 0.5) is 4.79 Å². The maximum atomic E-state index is 12.8. The number of nitrogens with zero attached hydrogens (tertiary/aromatic N) is 1. The number of ether oxygens (including phenoxy) is 1. The summed E-state index contributed by atoms with van der Waals surface area (Å²) in [6.45, 7) is 2.94. The molecule has 126 valence electrons. The third-order valence-corrected chi connectivity index (χ3v) is 5.17. The summed E-state index contributed by atoms with van der Waals surface area (Å²) >= 11 is 0. The van der Waals surface area contributed by atoms with E-state index in [1.54, 1.807) is 6.08 Å². The molecule has 0 radical (unpaired) electrons. The number of hydrogen-bond acceptors (Lipinski definition) is 3. The zero-order valence-corrected chi connectivity index (χ0v) is 13.5. The Morgan fingerprint density at radius 3 is 2.83 bits per heavy atom. The molecule has 1 spiro atoms. The summed E-state index contributed by atoms with van der Waals surface area (Å²) in [5, 5.41) is 5.50. The minimum absolute atomic E-state index is 0.102. The molecule has 2 unspecified atom stereocenters. The SMILES string of the molecule is O=C1NC(C(=O)N2CCC3(CCOC3)C2)=CC(c2ccccc2)N1. The molecule has 2 N–H and O–H groups in total. The number of carbonyl (C=O) groups excluding carboxylic acids is 2. The molecule has 0 saturated carbocycles. The van der Waals surface area contributed by atoms with Gasteiger partial charge < -0.3 is 20.3 Å². The highest BCUT2D eigenvalue weighted by Crippen LogP contribution is 2.38. The molecule has 0 bridgehead atoms. The van der Waals surface area contributed by atoms with Crippen LogP contribution in [0.15, 0.2) is 42.1 Å². The Morgan fingerprint density at radius 2 is 2.08 bits per heavy atom. The molecule has 1 aromatic rings. The molecule has 2 fully saturated rings. The van der Waals surface area contributed by atoms with E-state index >= 15 is 0 Å². The summed E-state index contributed by atoms with van der Waals surface area (Å²) in [5.74, 6) is -0.102. The van der Waals surface area contributed by atoms with E-state index in [2.05, 4.69) is 10.6 Å². The molecule has 2 atom stereocenters. The van der Waals surface area contributed by atoms with E-state index in [9.17, 15) is 9.59 Å². The molecule has 2 saturated heterocycles. The van der Waals surface area contributed by atoms with Gasteiger partial charge in [0.15, 0.2) is 0 Å². The Balaban J connectivity index is 1.53. The lowest BCUT2D eigenvalue weighted by Crippen LogP contribution is -2.46. The van der Waals surface area contributed by atoms with E-state index in [4.69, 9.17) is 4.74 Å². The highest BCUT2D eigenvalue weighted by molar-refractivity contribution is 5.98. The first kappa shape index (κ1) is 15.2. The molecule has 0 aliphatic carbocycles. The van der Waals surface area contributed by atoms with Gasteiger partial charge >= 0.3 is 6.03 Å². The summed E-state index contributed by atoms with van der Waals surface area (Å²) < 4.78 is 5.52. The van der Waals surface area contributed by atoms with Gasteiger partial charge in [0.05, 0.1) is 12.6 Å². The molecule has 3 aliphatic rings. The zero-order chi connectivity index (χ0) is 16.6. The topological polar surface area (TPSA) is 70.7 Å². The van der Waals surface area contributed by atoms with Gasteiger partial charge in [0, 0.05) is 25.1 Å². The van der Waals surface area contributed by atoms with Gasteiger partial charge in [-0.25, -0.2) is 4.79 Å². The first-order chi connectivity index (χ1) is 11.7. The van der Waals surface area contributed by atoms with Crippen molar-refractivity contribution in [3.8, 4) is 0 Å². The molecule has 3 heterocycles.